The molecule has 2 atom stereocenters. The molecule has 2 fully saturated rings. The summed E-state index contributed by atoms with van der Waals surface area (Å²) in [6, 6.07) is 5.74. The molecule has 0 aliphatic heterocycles. The van der Waals surface area contributed by atoms with Crippen LogP contribution in [0.4, 0.5) is 0 Å². The van der Waals surface area contributed by atoms with Crippen molar-refractivity contribution in [1.29, 1.82) is 0 Å². The van der Waals surface area contributed by atoms with Gasteiger partial charge in [-0.2, -0.15) is 0 Å². The Kier molecular flexibility index (Phi) is 4.47. The largest absolute Gasteiger partial charge is 0.463 e. The molecule has 2 aliphatic carbocycles. The number of hydrogen-bond acceptors (Lipinski definition) is 3. The smallest absolute Gasteiger partial charge is 0.118 e. The van der Waals surface area contributed by atoms with Crippen molar-refractivity contribution in [3.05, 3.63) is 23.7 Å². The molecule has 3 nitrogen and oxygen atoms in total. The molecular weight excluding hydrogens is 248 g/mol. The zero-order chi connectivity index (χ0) is 13.9. The summed E-state index contributed by atoms with van der Waals surface area (Å²) in [5.74, 6) is 3.01. The van der Waals surface area contributed by atoms with Crippen LogP contribution in [-0.4, -0.2) is 24.0 Å². The third-order valence-corrected chi connectivity index (χ3v) is 4.90. The Morgan fingerprint density at radius 2 is 1.90 bits per heavy atom. The molecular formula is C17H28N2O. The van der Waals surface area contributed by atoms with E-state index in [-0.39, 0.29) is 0 Å². The van der Waals surface area contributed by atoms with Crippen LogP contribution >= 0.6 is 0 Å². The summed E-state index contributed by atoms with van der Waals surface area (Å²) in [5.41, 5.74) is 0. The minimum Gasteiger partial charge on any atom is -0.463 e. The Balaban J connectivity index is 1.50. The van der Waals surface area contributed by atoms with Crippen LogP contribution in [0.2, 0.25) is 0 Å². The van der Waals surface area contributed by atoms with Crippen molar-refractivity contribution in [2.75, 3.05) is 7.05 Å². The van der Waals surface area contributed by atoms with E-state index in [0.717, 1.165) is 42.6 Å². The summed E-state index contributed by atoms with van der Waals surface area (Å²) in [7, 11) is 2.25. The highest BCUT2D eigenvalue weighted by atomic mass is 16.3. The van der Waals surface area contributed by atoms with E-state index in [1.807, 2.05) is 0 Å². The Hall–Kier alpha value is -0.800. The lowest BCUT2D eigenvalue weighted by Crippen LogP contribution is -2.38. The quantitative estimate of drug-likeness (QED) is 0.861. The highest BCUT2D eigenvalue weighted by Gasteiger charge is 2.25. The van der Waals surface area contributed by atoms with E-state index < -0.39 is 0 Å². The van der Waals surface area contributed by atoms with Crippen LogP contribution in [0.3, 0.4) is 0 Å². The SMILES string of the molecule is CC1CCCCC1N(C)Cc1ccc(CNC2CC2)o1. The van der Waals surface area contributed by atoms with Gasteiger partial charge in [-0.15, -0.1) is 0 Å². The Morgan fingerprint density at radius 1 is 1.15 bits per heavy atom. The standard InChI is InChI=1S/C17H28N2O/c1-13-5-3-4-6-17(13)19(2)12-16-10-9-15(20-16)11-18-14-7-8-14/h9-10,13-14,17-18H,3-8,11-12H2,1-2H3. The summed E-state index contributed by atoms with van der Waals surface area (Å²) in [4.78, 5) is 2.49. The van der Waals surface area contributed by atoms with Gasteiger partial charge in [-0.25, -0.2) is 0 Å². The maximum absolute atomic E-state index is 5.95. The van der Waals surface area contributed by atoms with E-state index in [0.29, 0.717) is 0 Å². The topological polar surface area (TPSA) is 28.4 Å². The van der Waals surface area contributed by atoms with E-state index in [2.05, 4.69) is 36.3 Å². The molecule has 2 aliphatic rings. The lowest BCUT2D eigenvalue weighted by molar-refractivity contribution is 0.125. The molecule has 2 unspecified atom stereocenters. The molecule has 0 aromatic carbocycles. The van der Waals surface area contributed by atoms with Crippen molar-refractivity contribution in [3.63, 3.8) is 0 Å². The first-order chi connectivity index (χ1) is 9.72. The molecule has 3 heteroatoms. The summed E-state index contributed by atoms with van der Waals surface area (Å²) in [6.45, 7) is 4.22. The van der Waals surface area contributed by atoms with Crippen LogP contribution in [0.15, 0.2) is 16.5 Å². The van der Waals surface area contributed by atoms with Crippen molar-refractivity contribution < 1.29 is 4.42 Å². The van der Waals surface area contributed by atoms with Crippen molar-refractivity contribution >= 4 is 0 Å². The Labute approximate surface area is 122 Å². The maximum atomic E-state index is 5.95. The molecule has 0 radical (unpaired) electrons. The van der Waals surface area contributed by atoms with Crippen LogP contribution in [0.5, 0.6) is 0 Å². The van der Waals surface area contributed by atoms with E-state index in [1.165, 1.54) is 38.5 Å². The molecule has 0 spiro atoms. The van der Waals surface area contributed by atoms with Crippen LogP contribution < -0.4 is 5.32 Å². The maximum Gasteiger partial charge on any atom is 0.118 e. The lowest BCUT2D eigenvalue weighted by Gasteiger charge is -2.35. The normalized spacial score (nSPS) is 27.1. The number of rotatable bonds is 6. The van der Waals surface area contributed by atoms with Crippen molar-refractivity contribution in [3.8, 4) is 0 Å². The van der Waals surface area contributed by atoms with Gasteiger partial charge in [0.15, 0.2) is 0 Å². The molecule has 20 heavy (non-hydrogen) atoms. The Bertz CT molecular complexity index is 424. The van der Waals surface area contributed by atoms with Gasteiger partial charge in [-0.3, -0.25) is 4.90 Å². The van der Waals surface area contributed by atoms with Crippen molar-refractivity contribution in [2.24, 2.45) is 5.92 Å². The summed E-state index contributed by atoms with van der Waals surface area (Å²) in [5, 5.41) is 3.50. The van der Waals surface area contributed by atoms with Gasteiger partial charge in [-0.1, -0.05) is 19.8 Å². The highest BCUT2D eigenvalue weighted by molar-refractivity contribution is 5.07. The second kappa shape index (κ2) is 6.31. The van der Waals surface area contributed by atoms with Crippen LogP contribution in [0.25, 0.3) is 0 Å². The number of nitrogens with zero attached hydrogens (tertiary/aromatic N) is 1. The van der Waals surface area contributed by atoms with Gasteiger partial charge in [0.2, 0.25) is 0 Å². The minimum absolute atomic E-state index is 0.724. The number of furan rings is 1. The molecule has 0 saturated heterocycles. The van der Waals surface area contributed by atoms with Gasteiger partial charge in [0.05, 0.1) is 13.1 Å². The fraction of sp³-hybridized carbons (Fsp3) is 0.765. The molecule has 1 heterocycles. The van der Waals surface area contributed by atoms with Gasteiger partial charge in [0, 0.05) is 12.1 Å². The molecule has 0 bridgehead atoms. The van der Waals surface area contributed by atoms with Gasteiger partial charge >= 0.3 is 0 Å². The van der Waals surface area contributed by atoms with Crippen LogP contribution in [0.1, 0.15) is 57.0 Å². The predicted octanol–water partition coefficient (Wildman–Crippen LogP) is 3.54. The van der Waals surface area contributed by atoms with Crippen LogP contribution in [0, 0.1) is 5.92 Å². The fourth-order valence-electron chi connectivity index (χ4n) is 3.45. The highest BCUT2D eigenvalue weighted by Crippen LogP contribution is 2.28. The van der Waals surface area contributed by atoms with Gasteiger partial charge in [0.25, 0.3) is 0 Å². The molecule has 0 amide bonds. The first-order valence-corrected chi connectivity index (χ1v) is 8.23. The molecule has 2 saturated carbocycles. The molecule has 1 aromatic heterocycles. The molecule has 1 aromatic rings. The zero-order valence-electron chi connectivity index (χ0n) is 12.9. The third-order valence-electron chi connectivity index (χ3n) is 4.90. The fourth-order valence-corrected chi connectivity index (χ4v) is 3.45. The van der Waals surface area contributed by atoms with Gasteiger partial charge in [-0.05, 0) is 50.8 Å². The lowest BCUT2D eigenvalue weighted by atomic mass is 9.85. The third kappa shape index (κ3) is 3.64. The molecule has 3 rings (SSSR count). The number of nitrogens with one attached hydrogen (secondary N) is 1. The van der Waals surface area contributed by atoms with Crippen LogP contribution in [-0.2, 0) is 13.1 Å². The summed E-state index contributed by atoms with van der Waals surface area (Å²) in [6.07, 6.45) is 8.17. The van der Waals surface area contributed by atoms with Crippen molar-refractivity contribution in [1.82, 2.24) is 10.2 Å². The van der Waals surface area contributed by atoms with E-state index in [1.54, 1.807) is 0 Å². The van der Waals surface area contributed by atoms with E-state index in [9.17, 15) is 0 Å². The second-order valence-electron chi connectivity index (χ2n) is 6.77. The van der Waals surface area contributed by atoms with Gasteiger partial charge in [0.1, 0.15) is 11.5 Å². The minimum atomic E-state index is 0.724. The molecule has 112 valence electrons. The zero-order valence-corrected chi connectivity index (χ0v) is 12.9. The van der Waals surface area contributed by atoms with Crippen molar-refractivity contribution in [2.45, 2.75) is 70.6 Å². The number of hydrogen-bond donors (Lipinski definition) is 1. The predicted molar refractivity (Wildman–Crippen MR) is 81.5 cm³/mol. The second-order valence-corrected chi connectivity index (χ2v) is 6.77. The summed E-state index contributed by atoms with van der Waals surface area (Å²) < 4.78 is 5.95. The Morgan fingerprint density at radius 3 is 2.65 bits per heavy atom. The van der Waals surface area contributed by atoms with Gasteiger partial charge < -0.3 is 9.73 Å². The molecule has 1 N–H and O–H groups in total. The average molecular weight is 276 g/mol. The first kappa shape index (κ1) is 14.2. The summed E-state index contributed by atoms with van der Waals surface area (Å²) >= 11 is 0. The van der Waals surface area contributed by atoms with E-state index in [4.69, 9.17) is 4.42 Å². The van der Waals surface area contributed by atoms with E-state index >= 15 is 0 Å². The monoisotopic (exact) mass is 276 g/mol. The first-order valence-electron chi connectivity index (χ1n) is 8.23. The average Bonchev–Trinajstić information content (AvgIpc) is 3.17.